The number of para-hydroxylation sites is 2. The van der Waals surface area contributed by atoms with Gasteiger partial charge in [0.25, 0.3) is 5.56 Å². The van der Waals surface area contributed by atoms with E-state index in [1.54, 1.807) is 19.2 Å². The van der Waals surface area contributed by atoms with E-state index < -0.39 is 5.69 Å². The maximum atomic E-state index is 13.2. The van der Waals surface area contributed by atoms with E-state index in [-0.39, 0.29) is 5.56 Å². The Morgan fingerprint density at radius 3 is 2.24 bits per heavy atom. The Bertz CT molecular complexity index is 1240. The Hall–Kier alpha value is -3.46. The molecular formula is C25H32N4O5. The number of aromatic amines is 1. The van der Waals surface area contributed by atoms with Gasteiger partial charge in [0.2, 0.25) is 0 Å². The topological polar surface area (TPSA) is 89.0 Å². The van der Waals surface area contributed by atoms with Crippen LogP contribution in [0.2, 0.25) is 0 Å². The Labute approximate surface area is 198 Å². The zero-order valence-corrected chi connectivity index (χ0v) is 20.0. The van der Waals surface area contributed by atoms with Crippen LogP contribution in [0.4, 0.5) is 5.69 Å². The van der Waals surface area contributed by atoms with Gasteiger partial charge in [0, 0.05) is 45.3 Å². The van der Waals surface area contributed by atoms with E-state index >= 15 is 0 Å². The number of nitrogens with one attached hydrogen (secondary N) is 1. The van der Waals surface area contributed by atoms with Gasteiger partial charge >= 0.3 is 5.69 Å². The van der Waals surface area contributed by atoms with Crippen molar-refractivity contribution in [3.63, 3.8) is 0 Å². The number of aromatic nitrogens is 2. The Morgan fingerprint density at radius 2 is 1.56 bits per heavy atom. The molecule has 0 saturated carbocycles. The summed E-state index contributed by atoms with van der Waals surface area (Å²) >= 11 is 0. The van der Waals surface area contributed by atoms with Crippen molar-refractivity contribution < 1.29 is 14.2 Å². The number of anilines is 1. The van der Waals surface area contributed by atoms with E-state index in [4.69, 9.17) is 14.2 Å². The van der Waals surface area contributed by atoms with Gasteiger partial charge in [-0.25, -0.2) is 4.79 Å². The molecule has 2 aromatic carbocycles. The maximum Gasteiger partial charge on any atom is 0.328 e. The number of rotatable bonds is 9. The van der Waals surface area contributed by atoms with Gasteiger partial charge in [0.05, 0.1) is 36.9 Å². The molecule has 182 valence electrons. The van der Waals surface area contributed by atoms with Crippen molar-refractivity contribution in [3.8, 4) is 17.2 Å². The molecule has 9 nitrogen and oxygen atoms in total. The normalized spacial score (nSPS) is 14.4. The average Bonchev–Trinajstić information content (AvgIpc) is 2.85. The standard InChI is InChI=1S/C25H32N4O5/c1-4-33-22-16-18-19(17-23(22)34-5-2)26-25(31)29(24(18)30)15-12-27-10-13-28(14-11-27)20-8-6-7-9-21(20)32-3/h6-9,16-17H,4-5,10-15H2,1-3H3,(H,26,31). The lowest BCUT2D eigenvalue weighted by molar-refractivity contribution is 0.245. The molecule has 2 heterocycles. The van der Waals surface area contributed by atoms with Crippen molar-refractivity contribution >= 4 is 16.6 Å². The molecule has 4 rings (SSSR count). The van der Waals surface area contributed by atoms with Gasteiger partial charge < -0.3 is 24.1 Å². The van der Waals surface area contributed by atoms with Crippen LogP contribution < -0.4 is 30.4 Å². The van der Waals surface area contributed by atoms with Crippen LogP contribution in [-0.2, 0) is 6.54 Å². The number of hydrogen-bond acceptors (Lipinski definition) is 7. The van der Waals surface area contributed by atoms with Crippen molar-refractivity contribution in [2.24, 2.45) is 0 Å². The Morgan fingerprint density at radius 1 is 0.882 bits per heavy atom. The second-order valence-electron chi connectivity index (χ2n) is 8.10. The van der Waals surface area contributed by atoms with Crippen molar-refractivity contribution in [1.29, 1.82) is 0 Å². The Kier molecular flexibility index (Phi) is 7.42. The summed E-state index contributed by atoms with van der Waals surface area (Å²) in [7, 11) is 1.68. The third-order valence-corrected chi connectivity index (χ3v) is 6.08. The summed E-state index contributed by atoms with van der Waals surface area (Å²) in [4.78, 5) is 33.3. The fourth-order valence-corrected chi connectivity index (χ4v) is 4.35. The van der Waals surface area contributed by atoms with E-state index in [0.29, 0.717) is 48.7 Å². The predicted octanol–water partition coefficient (Wildman–Crippen LogP) is 2.32. The number of ether oxygens (including phenoxy) is 3. The van der Waals surface area contributed by atoms with Crippen LogP contribution in [0, 0.1) is 0 Å². The summed E-state index contributed by atoms with van der Waals surface area (Å²) in [5, 5.41) is 0.410. The van der Waals surface area contributed by atoms with Gasteiger partial charge in [-0.3, -0.25) is 14.3 Å². The minimum Gasteiger partial charge on any atom is -0.495 e. The quantitative estimate of drug-likeness (QED) is 0.516. The van der Waals surface area contributed by atoms with E-state index in [1.807, 2.05) is 32.0 Å². The largest absolute Gasteiger partial charge is 0.495 e. The fraction of sp³-hybridized carbons (Fsp3) is 0.440. The van der Waals surface area contributed by atoms with E-state index in [9.17, 15) is 9.59 Å². The monoisotopic (exact) mass is 468 g/mol. The van der Waals surface area contributed by atoms with Crippen LogP contribution in [0.1, 0.15) is 13.8 Å². The molecule has 1 aromatic heterocycles. The third-order valence-electron chi connectivity index (χ3n) is 6.08. The minimum absolute atomic E-state index is 0.315. The fourth-order valence-electron chi connectivity index (χ4n) is 4.35. The van der Waals surface area contributed by atoms with E-state index in [0.717, 1.165) is 37.6 Å². The van der Waals surface area contributed by atoms with Crippen molar-refractivity contribution in [3.05, 3.63) is 57.2 Å². The van der Waals surface area contributed by atoms with E-state index in [1.165, 1.54) is 4.57 Å². The first-order valence-corrected chi connectivity index (χ1v) is 11.7. The predicted molar refractivity (Wildman–Crippen MR) is 133 cm³/mol. The lowest BCUT2D eigenvalue weighted by Gasteiger charge is -2.36. The molecule has 9 heteroatoms. The number of H-pyrrole nitrogens is 1. The smallest absolute Gasteiger partial charge is 0.328 e. The van der Waals surface area contributed by atoms with Gasteiger partial charge in [-0.1, -0.05) is 12.1 Å². The Balaban J connectivity index is 1.48. The van der Waals surface area contributed by atoms with Gasteiger partial charge in [-0.05, 0) is 32.0 Å². The lowest BCUT2D eigenvalue weighted by Crippen LogP contribution is -2.48. The highest BCUT2D eigenvalue weighted by Crippen LogP contribution is 2.31. The first-order chi connectivity index (χ1) is 16.5. The van der Waals surface area contributed by atoms with Crippen molar-refractivity contribution in [2.75, 3.05) is 57.9 Å². The SMILES string of the molecule is CCOc1cc2[nH]c(=O)n(CCN3CCN(c4ccccc4OC)CC3)c(=O)c2cc1OCC. The zero-order valence-electron chi connectivity index (χ0n) is 20.0. The molecule has 3 aromatic rings. The van der Waals surface area contributed by atoms with Crippen molar-refractivity contribution in [2.45, 2.75) is 20.4 Å². The third kappa shape index (κ3) is 4.89. The van der Waals surface area contributed by atoms with Crippen LogP contribution in [0.15, 0.2) is 46.0 Å². The van der Waals surface area contributed by atoms with Gasteiger partial charge in [0.1, 0.15) is 5.75 Å². The minimum atomic E-state index is -0.420. The molecule has 0 spiro atoms. The summed E-state index contributed by atoms with van der Waals surface area (Å²) in [6.45, 7) is 8.95. The number of benzene rings is 2. The lowest BCUT2D eigenvalue weighted by atomic mass is 10.2. The number of piperazine rings is 1. The summed E-state index contributed by atoms with van der Waals surface area (Å²) in [6, 6.07) is 11.3. The molecule has 0 amide bonds. The van der Waals surface area contributed by atoms with Crippen LogP contribution in [0.5, 0.6) is 17.2 Å². The molecule has 0 radical (unpaired) electrons. The number of nitrogens with zero attached hydrogens (tertiary/aromatic N) is 3. The van der Waals surface area contributed by atoms with Gasteiger partial charge in [0.15, 0.2) is 11.5 Å². The van der Waals surface area contributed by atoms with Crippen molar-refractivity contribution in [1.82, 2.24) is 14.5 Å². The molecule has 1 N–H and O–H groups in total. The number of fused-ring (bicyclic) bond motifs is 1. The summed E-state index contributed by atoms with van der Waals surface area (Å²) in [5.74, 6) is 1.88. The number of hydrogen-bond donors (Lipinski definition) is 1. The molecule has 1 fully saturated rings. The summed E-state index contributed by atoms with van der Waals surface area (Å²) < 4.78 is 18.0. The first kappa shape index (κ1) is 23.7. The highest BCUT2D eigenvalue weighted by atomic mass is 16.5. The zero-order chi connectivity index (χ0) is 24.1. The average molecular weight is 469 g/mol. The van der Waals surface area contributed by atoms with Crippen LogP contribution >= 0.6 is 0 Å². The molecule has 1 saturated heterocycles. The molecule has 1 aliphatic heterocycles. The molecule has 0 aliphatic carbocycles. The van der Waals surface area contributed by atoms with Gasteiger partial charge in [-0.2, -0.15) is 0 Å². The highest BCUT2D eigenvalue weighted by molar-refractivity contribution is 5.81. The molecular weight excluding hydrogens is 436 g/mol. The molecule has 0 atom stereocenters. The highest BCUT2D eigenvalue weighted by Gasteiger charge is 2.20. The molecule has 34 heavy (non-hydrogen) atoms. The summed E-state index contributed by atoms with van der Waals surface area (Å²) in [5.41, 5.74) is 0.791. The molecule has 1 aliphatic rings. The van der Waals surface area contributed by atoms with Crippen LogP contribution in [-0.4, -0.2) is 67.5 Å². The summed E-state index contributed by atoms with van der Waals surface area (Å²) in [6.07, 6.45) is 0. The van der Waals surface area contributed by atoms with Crippen LogP contribution in [0.25, 0.3) is 10.9 Å². The first-order valence-electron chi connectivity index (χ1n) is 11.7. The number of methoxy groups -OCH3 is 1. The maximum absolute atomic E-state index is 13.2. The second-order valence-corrected chi connectivity index (χ2v) is 8.10. The molecule has 0 bridgehead atoms. The second kappa shape index (κ2) is 10.6. The van der Waals surface area contributed by atoms with Gasteiger partial charge in [-0.15, -0.1) is 0 Å². The van der Waals surface area contributed by atoms with E-state index in [2.05, 4.69) is 20.9 Å². The molecule has 0 unspecified atom stereocenters. The van der Waals surface area contributed by atoms with Crippen LogP contribution in [0.3, 0.4) is 0 Å².